The fraction of sp³-hybridized carbons (Fsp3) is 0.562. The van der Waals surface area contributed by atoms with Crippen molar-refractivity contribution in [1.29, 1.82) is 0 Å². The molecule has 0 bridgehead atoms. The van der Waals surface area contributed by atoms with Gasteiger partial charge >= 0.3 is 6.03 Å². The summed E-state index contributed by atoms with van der Waals surface area (Å²) in [5.41, 5.74) is 0. The molecule has 6 heteroatoms. The number of amides is 2. The highest BCUT2D eigenvalue weighted by Crippen LogP contribution is 2.30. The highest BCUT2D eigenvalue weighted by atomic mass is 35.5. The van der Waals surface area contributed by atoms with E-state index in [1.807, 2.05) is 60.8 Å². The van der Waals surface area contributed by atoms with Crippen LogP contribution in [0.1, 0.15) is 19.8 Å². The molecule has 1 heterocycles. The standard InChI is InChI=1S/C16H24ClN3OS/c1-12(19(2)3)18-16(21)20-9-5-8-15(11-20)22-14-7-4-6-13(17)10-14/h4,6-7,10,12,15H,5,8-9,11H2,1-3H3,(H,18,21). The van der Waals surface area contributed by atoms with Crippen molar-refractivity contribution in [3.05, 3.63) is 29.3 Å². The summed E-state index contributed by atoms with van der Waals surface area (Å²) in [6.45, 7) is 3.60. The van der Waals surface area contributed by atoms with Crippen LogP contribution >= 0.6 is 23.4 Å². The molecule has 2 atom stereocenters. The first-order chi connectivity index (χ1) is 10.5. The molecule has 1 aliphatic rings. The van der Waals surface area contributed by atoms with Gasteiger partial charge in [0.15, 0.2) is 0 Å². The van der Waals surface area contributed by atoms with E-state index in [9.17, 15) is 4.79 Å². The molecule has 122 valence electrons. The van der Waals surface area contributed by atoms with E-state index in [1.165, 1.54) is 4.90 Å². The number of piperidine rings is 1. The van der Waals surface area contributed by atoms with Gasteiger partial charge in [0, 0.05) is 28.3 Å². The lowest BCUT2D eigenvalue weighted by Crippen LogP contribution is -2.51. The number of rotatable bonds is 4. The van der Waals surface area contributed by atoms with E-state index in [0.717, 1.165) is 31.0 Å². The molecular weight excluding hydrogens is 318 g/mol. The number of hydrogen-bond donors (Lipinski definition) is 1. The average Bonchev–Trinajstić information content (AvgIpc) is 2.47. The lowest BCUT2D eigenvalue weighted by Gasteiger charge is -2.34. The minimum absolute atomic E-state index is 0.0256. The van der Waals surface area contributed by atoms with Gasteiger partial charge in [-0.2, -0.15) is 0 Å². The summed E-state index contributed by atoms with van der Waals surface area (Å²) < 4.78 is 0. The summed E-state index contributed by atoms with van der Waals surface area (Å²) in [5, 5.41) is 4.21. The molecule has 2 rings (SSSR count). The van der Waals surface area contributed by atoms with Crippen molar-refractivity contribution in [3.8, 4) is 0 Å². The molecule has 1 aromatic carbocycles. The van der Waals surface area contributed by atoms with Crippen LogP contribution in [0.15, 0.2) is 29.2 Å². The highest BCUT2D eigenvalue weighted by Gasteiger charge is 2.25. The molecule has 2 amide bonds. The Morgan fingerprint density at radius 3 is 2.95 bits per heavy atom. The van der Waals surface area contributed by atoms with Gasteiger partial charge in [0.1, 0.15) is 0 Å². The summed E-state index contributed by atoms with van der Waals surface area (Å²) in [6, 6.07) is 7.94. The number of carbonyl (C=O) groups is 1. The number of carbonyl (C=O) groups excluding carboxylic acids is 1. The Kier molecular flexibility index (Phi) is 6.41. The number of nitrogens with one attached hydrogen (secondary N) is 1. The second-order valence-corrected chi connectivity index (χ2v) is 7.68. The van der Waals surface area contributed by atoms with Crippen LogP contribution in [-0.4, -0.2) is 54.4 Å². The monoisotopic (exact) mass is 341 g/mol. The van der Waals surface area contributed by atoms with Gasteiger partial charge in [-0.1, -0.05) is 17.7 Å². The van der Waals surface area contributed by atoms with Gasteiger partial charge in [-0.3, -0.25) is 4.90 Å². The second kappa shape index (κ2) is 8.09. The van der Waals surface area contributed by atoms with Gasteiger partial charge in [0.05, 0.1) is 6.17 Å². The van der Waals surface area contributed by atoms with Crippen molar-refractivity contribution in [1.82, 2.24) is 15.1 Å². The van der Waals surface area contributed by atoms with Crippen molar-refractivity contribution in [2.24, 2.45) is 0 Å². The summed E-state index contributed by atoms with van der Waals surface area (Å²) in [6.07, 6.45) is 2.21. The third kappa shape index (κ3) is 5.07. The number of nitrogens with zero attached hydrogens (tertiary/aromatic N) is 2. The SMILES string of the molecule is CC(NC(=O)N1CCCC(Sc2cccc(Cl)c2)C1)N(C)C. The third-order valence-corrected chi connectivity index (χ3v) is 5.35. The van der Waals surface area contributed by atoms with E-state index in [4.69, 9.17) is 11.6 Å². The van der Waals surface area contributed by atoms with Crippen LogP contribution in [0.25, 0.3) is 0 Å². The Hall–Kier alpha value is -0.910. The van der Waals surface area contributed by atoms with Gasteiger partial charge in [0.25, 0.3) is 0 Å². The Morgan fingerprint density at radius 1 is 1.50 bits per heavy atom. The van der Waals surface area contributed by atoms with Gasteiger partial charge < -0.3 is 10.2 Å². The van der Waals surface area contributed by atoms with E-state index < -0.39 is 0 Å². The first-order valence-electron chi connectivity index (χ1n) is 7.60. The maximum absolute atomic E-state index is 12.3. The quantitative estimate of drug-likeness (QED) is 0.851. The van der Waals surface area contributed by atoms with Crippen LogP contribution in [0.2, 0.25) is 5.02 Å². The van der Waals surface area contributed by atoms with E-state index in [1.54, 1.807) is 0 Å². The zero-order chi connectivity index (χ0) is 16.1. The van der Waals surface area contributed by atoms with E-state index in [-0.39, 0.29) is 12.2 Å². The van der Waals surface area contributed by atoms with Crippen LogP contribution in [-0.2, 0) is 0 Å². The number of halogens is 1. The molecular formula is C16H24ClN3OS. The third-order valence-electron chi connectivity index (χ3n) is 3.87. The number of thioether (sulfide) groups is 1. The first-order valence-corrected chi connectivity index (χ1v) is 8.85. The van der Waals surface area contributed by atoms with E-state index >= 15 is 0 Å². The summed E-state index contributed by atoms with van der Waals surface area (Å²) >= 11 is 7.84. The van der Waals surface area contributed by atoms with Crippen molar-refractivity contribution in [3.63, 3.8) is 0 Å². The van der Waals surface area contributed by atoms with Crippen molar-refractivity contribution < 1.29 is 4.79 Å². The molecule has 0 saturated carbocycles. The van der Waals surface area contributed by atoms with Crippen molar-refractivity contribution >= 4 is 29.4 Å². The number of hydrogen-bond acceptors (Lipinski definition) is 3. The minimum atomic E-state index is 0.0256. The van der Waals surface area contributed by atoms with Crippen LogP contribution in [0.5, 0.6) is 0 Å². The molecule has 0 aliphatic carbocycles. The van der Waals surface area contributed by atoms with E-state index in [2.05, 4.69) is 11.4 Å². The lowest BCUT2D eigenvalue weighted by molar-refractivity contribution is 0.170. The Morgan fingerprint density at radius 2 is 2.27 bits per heavy atom. The molecule has 0 radical (unpaired) electrons. The van der Waals surface area contributed by atoms with Crippen molar-refractivity contribution in [2.45, 2.75) is 36.1 Å². The maximum atomic E-state index is 12.3. The first kappa shape index (κ1) is 17.4. The molecule has 4 nitrogen and oxygen atoms in total. The predicted molar refractivity (Wildman–Crippen MR) is 93.6 cm³/mol. The fourth-order valence-corrected chi connectivity index (χ4v) is 3.88. The zero-order valence-corrected chi connectivity index (χ0v) is 15.0. The van der Waals surface area contributed by atoms with Crippen LogP contribution in [0.3, 0.4) is 0 Å². The van der Waals surface area contributed by atoms with E-state index in [0.29, 0.717) is 5.25 Å². The topological polar surface area (TPSA) is 35.6 Å². The number of benzene rings is 1. The molecule has 0 aromatic heterocycles. The summed E-state index contributed by atoms with van der Waals surface area (Å²) in [5.74, 6) is 0. The molecule has 2 unspecified atom stereocenters. The largest absolute Gasteiger partial charge is 0.324 e. The van der Waals surface area contributed by atoms with Gasteiger partial charge in [0.2, 0.25) is 0 Å². The predicted octanol–water partition coefficient (Wildman–Crippen LogP) is 3.51. The van der Waals surface area contributed by atoms with Gasteiger partial charge in [-0.25, -0.2) is 4.79 Å². The fourth-order valence-electron chi connectivity index (χ4n) is 2.35. The average molecular weight is 342 g/mol. The maximum Gasteiger partial charge on any atom is 0.318 e. The lowest BCUT2D eigenvalue weighted by atomic mass is 10.1. The molecule has 1 fully saturated rings. The van der Waals surface area contributed by atoms with Crippen molar-refractivity contribution in [2.75, 3.05) is 27.2 Å². The molecule has 1 saturated heterocycles. The second-order valence-electron chi connectivity index (χ2n) is 5.87. The normalized spacial score (nSPS) is 20.0. The molecule has 22 heavy (non-hydrogen) atoms. The summed E-state index contributed by atoms with van der Waals surface area (Å²) in [4.78, 5) is 17.4. The molecule has 1 aliphatic heterocycles. The Bertz CT molecular complexity index is 512. The van der Waals surface area contributed by atoms with Crippen LogP contribution in [0.4, 0.5) is 4.79 Å². The molecule has 1 N–H and O–H groups in total. The van der Waals surface area contributed by atoms with Crippen LogP contribution < -0.4 is 5.32 Å². The minimum Gasteiger partial charge on any atom is -0.324 e. The zero-order valence-electron chi connectivity index (χ0n) is 13.4. The van der Waals surface area contributed by atoms with Gasteiger partial charge in [-0.15, -0.1) is 11.8 Å². The highest BCUT2D eigenvalue weighted by molar-refractivity contribution is 8.00. The number of urea groups is 1. The number of likely N-dealkylation sites (tertiary alicyclic amines) is 1. The molecule has 0 spiro atoms. The summed E-state index contributed by atoms with van der Waals surface area (Å²) in [7, 11) is 3.91. The van der Waals surface area contributed by atoms with Gasteiger partial charge in [-0.05, 0) is 52.1 Å². The smallest absolute Gasteiger partial charge is 0.318 e. The Labute approximate surface area is 142 Å². The van der Waals surface area contributed by atoms with Crippen LogP contribution in [0, 0.1) is 0 Å². The molecule has 1 aromatic rings. The Balaban J connectivity index is 1.90.